The summed E-state index contributed by atoms with van der Waals surface area (Å²) in [5.74, 6) is -1.35. The van der Waals surface area contributed by atoms with Crippen LogP contribution in [-0.4, -0.2) is 11.8 Å². The summed E-state index contributed by atoms with van der Waals surface area (Å²) < 4.78 is 13.6. The maximum atomic E-state index is 13.6. The quantitative estimate of drug-likeness (QED) is 0.740. The van der Waals surface area contributed by atoms with Crippen molar-refractivity contribution in [3.05, 3.63) is 82.3 Å². The number of hydrogen-bond acceptors (Lipinski definition) is 3. The van der Waals surface area contributed by atoms with Crippen molar-refractivity contribution in [1.29, 1.82) is 0 Å². The highest BCUT2D eigenvalue weighted by molar-refractivity contribution is 7.12. The molecule has 2 aromatic carbocycles. The summed E-state index contributed by atoms with van der Waals surface area (Å²) in [5, 5.41) is 7.19. The van der Waals surface area contributed by atoms with Crippen LogP contribution in [0.25, 0.3) is 0 Å². The van der Waals surface area contributed by atoms with Crippen LogP contribution in [-0.2, 0) is 0 Å². The van der Waals surface area contributed by atoms with Gasteiger partial charge < -0.3 is 10.6 Å². The SMILES string of the molecule is O=C(Nc1cccc(NC(=O)c2ccccc2F)c1)c1cccs1. The molecule has 0 bridgehead atoms. The van der Waals surface area contributed by atoms with E-state index >= 15 is 0 Å². The summed E-state index contributed by atoms with van der Waals surface area (Å²) >= 11 is 1.34. The first-order valence-corrected chi connectivity index (χ1v) is 8.02. The average Bonchev–Trinajstić information content (AvgIpc) is 3.10. The van der Waals surface area contributed by atoms with Crippen LogP contribution in [0.15, 0.2) is 66.0 Å². The van der Waals surface area contributed by atoms with Gasteiger partial charge in [0.05, 0.1) is 10.4 Å². The minimum atomic E-state index is -0.586. The molecule has 4 nitrogen and oxygen atoms in total. The predicted octanol–water partition coefficient (Wildman–Crippen LogP) is 4.39. The second-order valence-corrected chi connectivity index (χ2v) is 5.89. The van der Waals surface area contributed by atoms with E-state index in [4.69, 9.17) is 0 Å². The van der Waals surface area contributed by atoms with Gasteiger partial charge in [0.15, 0.2) is 0 Å². The number of rotatable bonds is 4. The Balaban J connectivity index is 1.72. The van der Waals surface area contributed by atoms with Crippen LogP contribution in [0.4, 0.5) is 15.8 Å². The van der Waals surface area contributed by atoms with Crippen LogP contribution in [0.2, 0.25) is 0 Å². The summed E-state index contributed by atoms with van der Waals surface area (Å²) in [5.41, 5.74) is 0.970. The lowest BCUT2D eigenvalue weighted by atomic mass is 10.2. The molecule has 120 valence electrons. The third-order valence-corrected chi connectivity index (χ3v) is 4.11. The Morgan fingerprint density at radius 2 is 1.54 bits per heavy atom. The Bertz CT molecular complexity index is 878. The third-order valence-electron chi connectivity index (χ3n) is 3.24. The highest BCUT2D eigenvalue weighted by atomic mass is 32.1. The van der Waals surface area contributed by atoms with E-state index in [1.807, 2.05) is 5.38 Å². The molecule has 3 aromatic rings. The number of amides is 2. The molecule has 0 saturated heterocycles. The molecule has 2 amide bonds. The third kappa shape index (κ3) is 3.67. The number of benzene rings is 2. The van der Waals surface area contributed by atoms with Crippen molar-refractivity contribution in [1.82, 2.24) is 0 Å². The fourth-order valence-corrected chi connectivity index (χ4v) is 2.74. The molecule has 3 rings (SSSR count). The molecule has 0 spiro atoms. The maximum absolute atomic E-state index is 13.6. The molecule has 1 aromatic heterocycles. The lowest BCUT2D eigenvalue weighted by Gasteiger charge is -2.09. The van der Waals surface area contributed by atoms with Crippen molar-refractivity contribution in [3.63, 3.8) is 0 Å². The zero-order valence-electron chi connectivity index (χ0n) is 12.5. The monoisotopic (exact) mass is 340 g/mol. The van der Waals surface area contributed by atoms with E-state index in [0.717, 1.165) is 0 Å². The molecule has 6 heteroatoms. The van der Waals surface area contributed by atoms with Gasteiger partial charge in [0, 0.05) is 11.4 Å². The van der Waals surface area contributed by atoms with Gasteiger partial charge >= 0.3 is 0 Å². The minimum absolute atomic E-state index is 0.0366. The van der Waals surface area contributed by atoms with Gasteiger partial charge in [0.25, 0.3) is 11.8 Å². The first-order valence-electron chi connectivity index (χ1n) is 7.14. The molecule has 0 saturated carbocycles. The molecular weight excluding hydrogens is 327 g/mol. The predicted molar refractivity (Wildman–Crippen MR) is 93.1 cm³/mol. The molecule has 0 aliphatic heterocycles. The van der Waals surface area contributed by atoms with Crippen LogP contribution >= 0.6 is 11.3 Å². The Hall–Kier alpha value is -2.99. The Morgan fingerprint density at radius 1 is 0.833 bits per heavy atom. The van der Waals surface area contributed by atoms with Crippen LogP contribution in [0.5, 0.6) is 0 Å². The second-order valence-electron chi connectivity index (χ2n) is 4.95. The van der Waals surface area contributed by atoms with Gasteiger partial charge in [-0.3, -0.25) is 9.59 Å². The summed E-state index contributed by atoms with van der Waals surface area (Å²) in [6.07, 6.45) is 0. The van der Waals surface area contributed by atoms with Crippen molar-refractivity contribution in [2.75, 3.05) is 10.6 Å². The average molecular weight is 340 g/mol. The topological polar surface area (TPSA) is 58.2 Å². The lowest BCUT2D eigenvalue weighted by Crippen LogP contribution is -2.14. The molecule has 0 fully saturated rings. The molecule has 2 N–H and O–H groups in total. The van der Waals surface area contributed by atoms with Gasteiger partial charge in [-0.2, -0.15) is 0 Å². The summed E-state index contributed by atoms with van der Waals surface area (Å²) in [6, 6.07) is 16.0. The number of anilines is 2. The van der Waals surface area contributed by atoms with Gasteiger partial charge in [0.2, 0.25) is 0 Å². The standard InChI is InChI=1S/C18H13FN2O2S/c19-15-8-2-1-7-14(15)17(22)20-12-5-3-6-13(11-12)21-18(23)16-9-4-10-24-16/h1-11H,(H,20,22)(H,21,23). The van der Waals surface area contributed by atoms with E-state index in [9.17, 15) is 14.0 Å². The van der Waals surface area contributed by atoms with Gasteiger partial charge in [-0.15, -0.1) is 11.3 Å². The van der Waals surface area contributed by atoms with Crippen molar-refractivity contribution in [3.8, 4) is 0 Å². The molecule has 0 atom stereocenters. The fraction of sp³-hybridized carbons (Fsp3) is 0. The van der Waals surface area contributed by atoms with Gasteiger partial charge in [-0.1, -0.05) is 24.3 Å². The van der Waals surface area contributed by atoms with Gasteiger partial charge in [-0.05, 0) is 41.8 Å². The first-order chi connectivity index (χ1) is 11.6. The van der Waals surface area contributed by atoms with E-state index < -0.39 is 11.7 Å². The van der Waals surface area contributed by atoms with Crippen LogP contribution in [0.1, 0.15) is 20.0 Å². The van der Waals surface area contributed by atoms with Gasteiger partial charge in [-0.25, -0.2) is 4.39 Å². The smallest absolute Gasteiger partial charge is 0.265 e. The number of hydrogen-bond donors (Lipinski definition) is 2. The molecule has 0 aliphatic rings. The van der Waals surface area contributed by atoms with Crippen molar-refractivity contribution < 1.29 is 14.0 Å². The molecule has 0 unspecified atom stereocenters. The maximum Gasteiger partial charge on any atom is 0.265 e. The van der Waals surface area contributed by atoms with Crippen molar-refractivity contribution in [2.24, 2.45) is 0 Å². The molecule has 24 heavy (non-hydrogen) atoms. The second kappa shape index (κ2) is 7.06. The fourth-order valence-electron chi connectivity index (χ4n) is 2.12. The van der Waals surface area contributed by atoms with E-state index in [0.29, 0.717) is 16.3 Å². The lowest BCUT2D eigenvalue weighted by molar-refractivity contribution is 0.101. The summed E-state index contributed by atoms with van der Waals surface area (Å²) in [4.78, 5) is 24.7. The normalized spacial score (nSPS) is 10.2. The van der Waals surface area contributed by atoms with Crippen molar-refractivity contribution in [2.45, 2.75) is 0 Å². The van der Waals surface area contributed by atoms with E-state index in [1.165, 1.54) is 29.5 Å². The van der Waals surface area contributed by atoms with Crippen LogP contribution in [0.3, 0.4) is 0 Å². The Labute approximate surface area is 142 Å². The van der Waals surface area contributed by atoms with Gasteiger partial charge in [0.1, 0.15) is 5.82 Å². The molecule has 0 aliphatic carbocycles. The summed E-state index contributed by atoms with van der Waals surface area (Å²) in [7, 11) is 0. The molecular formula is C18H13FN2O2S. The number of nitrogens with one attached hydrogen (secondary N) is 2. The Kier molecular flexibility index (Phi) is 4.67. The minimum Gasteiger partial charge on any atom is -0.322 e. The number of carbonyl (C=O) groups excluding carboxylic acids is 2. The highest BCUT2D eigenvalue weighted by Crippen LogP contribution is 2.18. The molecule has 0 radical (unpaired) electrons. The van der Waals surface area contributed by atoms with Crippen LogP contribution < -0.4 is 10.6 Å². The highest BCUT2D eigenvalue weighted by Gasteiger charge is 2.12. The summed E-state index contributed by atoms with van der Waals surface area (Å²) in [6.45, 7) is 0. The number of thiophene rings is 1. The van der Waals surface area contributed by atoms with E-state index in [2.05, 4.69) is 10.6 Å². The van der Waals surface area contributed by atoms with E-state index in [1.54, 1.807) is 42.5 Å². The Morgan fingerprint density at radius 3 is 2.21 bits per heavy atom. The van der Waals surface area contributed by atoms with Crippen LogP contribution in [0, 0.1) is 5.82 Å². The number of halogens is 1. The first kappa shape index (κ1) is 15.9. The number of carbonyl (C=O) groups is 2. The molecule has 1 heterocycles. The zero-order chi connectivity index (χ0) is 16.9. The largest absolute Gasteiger partial charge is 0.322 e. The zero-order valence-corrected chi connectivity index (χ0v) is 13.3. The van der Waals surface area contributed by atoms with Crippen molar-refractivity contribution >= 4 is 34.5 Å². The van der Waals surface area contributed by atoms with E-state index in [-0.39, 0.29) is 11.5 Å².